The van der Waals surface area contributed by atoms with E-state index in [0.717, 1.165) is 5.56 Å². The van der Waals surface area contributed by atoms with Gasteiger partial charge in [0.2, 0.25) is 0 Å². The Morgan fingerprint density at radius 2 is 1.59 bits per heavy atom. The number of carboxylic acid groups (broad SMARTS) is 1. The summed E-state index contributed by atoms with van der Waals surface area (Å²) in [7, 11) is 0. The highest BCUT2D eigenvalue weighted by atomic mass is 16.4. The molecule has 0 aliphatic carbocycles. The summed E-state index contributed by atoms with van der Waals surface area (Å²) >= 11 is 0. The zero-order valence-electron chi connectivity index (χ0n) is 16.5. The van der Waals surface area contributed by atoms with Crippen LogP contribution >= 0.6 is 0 Å². The number of carbonyl (C=O) groups is 3. The third kappa shape index (κ3) is 3.92. The van der Waals surface area contributed by atoms with Gasteiger partial charge in [0.25, 0.3) is 5.91 Å². The predicted octanol–water partition coefficient (Wildman–Crippen LogP) is 3.90. The molecule has 1 aliphatic rings. The van der Waals surface area contributed by atoms with Crippen LogP contribution in [0, 0.1) is 5.41 Å². The van der Waals surface area contributed by atoms with E-state index in [9.17, 15) is 19.5 Å². The summed E-state index contributed by atoms with van der Waals surface area (Å²) < 4.78 is 0. The number of benzene rings is 2. The molecule has 2 aromatic carbocycles. The molecule has 1 aliphatic heterocycles. The van der Waals surface area contributed by atoms with Gasteiger partial charge in [0.1, 0.15) is 0 Å². The number of ketones is 1. The van der Waals surface area contributed by atoms with Crippen molar-refractivity contribution in [2.75, 3.05) is 0 Å². The van der Waals surface area contributed by atoms with E-state index in [1.165, 1.54) is 17.0 Å². The first-order valence-electron chi connectivity index (χ1n) is 9.27. The third-order valence-corrected chi connectivity index (χ3v) is 4.90. The Balaban J connectivity index is 2.03. The molecular weight excluding hydrogens is 370 g/mol. The van der Waals surface area contributed by atoms with Crippen molar-refractivity contribution in [1.82, 2.24) is 4.90 Å². The van der Waals surface area contributed by atoms with Crippen LogP contribution in [0.25, 0.3) is 0 Å². The number of aromatic carboxylic acids is 1. The van der Waals surface area contributed by atoms with E-state index in [-0.39, 0.29) is 23.5 Å². The molecule has 29 heavy (non-hydrogen) atoms. The largest absolute Gasteiger partial charge is 0.503 e. The molecule has 1 unspecified atom stereocenters. The summed E-state index contributed by atoms with van der Waals surface area (Å²) in [6.45, 7) is 5.36. The van der Waals surface area contributed by atoms with Crippen LogP contribution in [0.1, 0.15) is 48.3 Å². The lowest BCUT2D eigenvalue weighted by atomic mass is 9.82. The third-order valence-electron chi connectivity index (χ3n) is 4.90. The second kappa shape index (κ2) is 7.54. The maximum Gasteiger partial charge on any atom is 0.335 e. The van der Waals surface area contributed by atoms with Crippen molar-refractivity contribution >= 4 is 17.7 Å². The SMILES string of the molecule is CC(C)(C)C(=O)C1=C(O)C(=O)N(Cc2ccc(C(=O)O)cc2)C1c1ccccc1. The Labute approximate surface area is 169 Å². The van der Waals surface area contributed by atoms with Crippen molar-refractivity contribution in [3.8, 4) is 0 Å². The van der Waals surface area contributed by atoms with Gasteiger partial charge in [-0.1, -0.05) is 63.2 Å². The normalized spacial score (nSPS) is 17.0. The standard InChI is InChI=1S/C23H23NO5/c1-23(2,3)20(26)17-18(15-7-5-4-6-8-15)24(21(27)19(17)25)13-14-9-11-16(12-10-14)22(28)29/h4-12,18,25H,13H2,1-3H3,(H,28,29). The highest BCUT2D eigenvalue weighted by Crippen LogP contribution is 2.41. The Kier molecular flexibility index (Phi) is 5.29. The topological polar surface area (TPSA) is 94.9 Å². The first-order chi connectivity index (χ1) is 13.6. The van der Waals surface area contributed by atoms with Gasteiger partial charge in [0.05, 0.1) is 17.2 Å². The summed E-state index contributed by atoms with van der Waals surface area (Å²) in [4.78, 5) is 38.4. The van der Waals surface area contributed by atoms with Gasteiger partial charge in [-0.25, -0.2) is 4.79 Å². The van der Waals surface area contributed by atoms with Crippen LogP contribution in [0.2, 0.25) is 0 Å². The molecule has 150 valence electrons. The molecule has 1 amide bonds. The molecule has 6 heteroatoms. The highest BCUT2D eigenvalue weighted by molar-refractivity contribution is 6.10. The van der Waals surface area contributed by atoms with Crippen molar-refractivity contribution in [3.63, 3.8) is 0 Å². The van der Waals surface area contributed by atoms with E-state index in [0.29, 0.717) is 5.56 Å². The predicted molar refractivity (Wildman–Crippen MR) is 107 cm³/mol. The number of amides is 1. The molecule has 0 spiro atoms. The fourth-order valence-electron chi connectivity index (χ4n) is 3.38. The van der Waals surface area contributed by atoms with Crippen LogP contribution in [0.3, 0.4) is 0 Å². The summed E-state index contributed by atoms with van der Waals surface area (Å²) in [5.41, 5.74) is 0.887. The number of aliphatic hydroxyl groups excluding tert-OH is 1. The molecule has 0 bridgehead atoms. The summed E-state index contributed by atoms with van der Waals surface area (Å²) in [6.07, 6.45) is 0. The van der Waals surface area contributed by atoms with Crippen molar-refractivity contribution in [2.24, 2.45) is 5.41 Å². The maximum atomic E-state index is 13.1. The molecular formula is C23H23NO5. The lowest BCUT2D eigenvalue weighted by Gasteiger charge is -2.29. The summed E-state index contributed by atoms with van der Waals surface area (Å²) in [5.74, 6) is -2.47. The molecule has 2 aromatic rings. The summed E-state index contributed by atoms with van der Waals surface area (Å²) in [6, 6.07) is 14.6. The molecule has 3 rings (SSSR count). The molecule has 0 saturated carbocycles. The number of hydrogen-bond acceptors (Lipinski definition) is 4. The molecule has 2 N–H and O–H groups in total. The monoisotopic (exact) mass is 393 g/mol. The van der Waals surface area contributed by atoms with Gasteiger partial charge in [-0.05, 0) is 23.3 Å². The van der Waals surface area contributed by atoms with Gasteiger partial charge in [0.15, 0.2) is 11.5 Å². The van der Waals surface area contributed by atoms with Crippen molar-refractivity contribution < 1.29 is 24.6 Å². The number of carboxylic acids is 1. The maximum absolute atomic E-state index is 13.1. The van der Waals surface area contributed by atoms with Crippen LogP contribution in [-0.2, 0) is 16.1 Å². The van der Waals surface area contributed by atoms with Crippen LogP contribution in [-0.4, -0.2) is 32.8 Å². The zero-order chi connectivity index (χ0) is 21.3. The van der Waals surface area contributed by atoms with Crippen molar-refractivity contribution in [2.45, 2.75) is 33.4 Å². The average molecular weight is 393 g/mol. The fourth-order valence-corrected chi connectivity index (χ4v) is 3.38. The molecule has 6 nitrogen and oxygen atoms in total. The van der Waals surface area contributed by atoms with E-state index >= 15 is 0 Å². The molecule has 0 aromatic heterocycles. The van der Waals surface area contributed by atoms with Crippen LogP contribution < -0.4 is 0 Å². The minimum Gasteiger partial charge on any atom is -0.503 e. The molecule has 0 saturated heterocycles. The number of hydrogen-bond donors (Lipinski definition) is 2. The molecule has 1 heterocycles. The zero-order valence-corrected chi connectivity index (χ0v) is 16.5. The molecule has 0 radical (unpaired) electrons. The quantitative estimate of drug-likeness (QED) is 0.803. The van der Waals surface area contributed by atoms with Gasteiger partial charge >= 0.3 is 5.97 Å². The number of nitrogens with zero attached hydrogens (tertiary/aromatic N) is 1. The van der Waals surface area contributed by atoms with Gasteiger partial charge in [-0.2, -0.15) is 0 Å². The van der Waals surface area contributed by atoms with Gasteiger partial charge < -0.3 is 15.1 Å². The Morgan fingerprint density at radius 1 is 1.00 bits per heavy atom. The smallest absolute Gasteiger partial charge is 0.335 e. The van der Waals surface area contributed by atoms with E-state index in [2.05, 4.69) is 0 Å². The Bertz CT molecular complexity index is 984. The Hall–Kier alpha value is -3.41. The average Bonchev–Trinajstić information content (AvgIpc) is 2.92. The summed E-state index contributed by atoms with van der Waals surface area (Å²) in [5, 5.41) is 19.6. The van der Waals surface area contributed by atoms with Crippen LogP contribution in [0.15, 0.2) is 65.9 Å². The van der Waals surface area contributed by atoms with Gasteiger partial charge in [0, 0.05) is 12.0 Å². The fraction of sp³-hybridized carbons (Fsp3) is 0.261. The van der Waals surface area contributed by atoms with Crippen molar-refractivity contribution in [3.05, 3.63) is 82.6 Å². The van der Waals surface area contributed by atoms with Crippen LogP contribution in [0.4, 0.5) is 0 Å². The number of Topliss-reactive ketones (excluding diaryl/α,β-unsaturated/α-hetero) is 1. The number of aliphatic hydroxyl groups is 1. The van der Waals surface area contributed by atoms with E-state index < -0.39 is 29.1 Å². The van der Waals surface area contributed by atoms with E-state index in [1.807, 2.05) is 30.3 Å². The van der Waals surface area contributed by atoms with Gasteiger partial charge in [-0.3, -0.25) is 9.59 Å². The highest BCUT2D eigenvalue weighted by Gasteiger charge is 2.45. The lowest BCUT2D eigenvalue weighted by molar-refractivity contribution is -0.130. The number of rotatable bonds is 5. The minimum atomic E-state index is -1.03. The minimum absolute atomic E-state index is 0.0934. The second-order valence-corrected chi connectivity index (χ2v) is 8.09. The van der Waals surface area contributed by atoms with Gasteiger partial charge in [-0.15, -0.1) is 0 Å². The number of carbonyl (C=O) groups excluding carboxylic acids is 2. The first kappa shape index (κ1) is 20.3. The lowest BCUT2D eigenvalue weighted by Crippen LogP contribution is -2.32. The van der Waals surface area contributed by atoms with E-state index in [4.69, 9.17) is 5.11 Å². The first-order valence-corrected chi connectivity index (χ1v) is 9.27. The molecule has 0 fully saturated rings. The van der Waals surface area contributed by atoms with Crippen LogP contribution in [0.5, 0.6) is 0 Å². The second-order valence-electron chi connectivity index (χ2n) is 8.09. The molecule has 1 atom stereocenters. The van der Waals surface area contributed by atoms with E-state index in [1.54, 1.807) is 32.9 Å². The van der Waals surface area contributed by atoms with Crippen molar-refractivity contribution in [1.29, 1.82) is 0 Å². The Morgan fingerprint density at radius 3 is 2.10 bits per heavy atom.